The fourth-order valence-electron chi connectivity index (χ4n) is 1.46. The van der Waals surface area contributed by atoms with Crippen molar-refractivity contribution in [2.75, 3.05) is 18.1 Å². The minimum absolute atomic E-state index is 0.672. The third kappa shape index (κ3) is 4.06. The van der Waals surface area contributed by atoms with E-state index in [9.17, 15) is 4.21 Å². The zero-order valence-electron chi connectivity index (χ0n) is 10.3. The minimum atomic E-state index is -0.672. The maximum Gasteiger partial charge on any atom is 0.0625 e. The minimum Gasteiger partial charge on any atom is -0.310 e. The zero-order valence-corrected chi connectivity index (χ0v) is 11.1. The summed E-state index contributed by atoms with van der Waals surface area (Å²) in [5.41, 5.74) is 2.30. The molecule has 1 aromatic heterocycles. The van der Waals surface area contributed by atoms with Crippen LogP contribution in [0.25, 0.3) is 0 Å². The molecule has 0 aliphatic heterocycles. The molecule has 0 aliphatic carbocycles. The van der Waals surface area contributed by atoms with Crippen molar-refractivity contribution in [3.05, 3.63) is 17.5 Å². The molecule has 0 saturated carbocycles. The van der Waals surface area contributed by atoms with Crippen LogP contribution in [0.1, 0.15) is 25.2 Å². The van der Waals surface area contributed by atoms with E-state index in [4.69, 9.17) is 0 Å². The number of rotatable bonds is 7. The van der Waals surface area contributed by atoms with Gasteiger partial charge in [0, 0.05) is 42.4 Å². The SMILES string of the molecule is CCc1cc(CNCCS(=O)CC)n(C)n1. The molecule has 0 spiro atoms. The van der Waals surface area contributed by atoms with Crippen molar-refractivity contribution in [2.45, 2.75) is 26.8 Å². The topological polar surface area (TPSA) is 46.9 Å². The van der Waals surface area contributed by atoms with Gasteiger partial charge in [-0.05, 0) is 12.5 Å². The zero-order chi connectivity index (χ0) is 12.0. The first-order valence-electron chi connectivity index (χ1n) is 5.74. The smallest absolute Gasteiger partial charge is 0.0625 e. The van der Waals surface area contributed by atoms with E-state index in [0.717, 1.165) is 36.7 Å². The van der Waals surface area contributed by atoms with E-state index < -0.39 is 10.8 Å². The van der Waals surface area contributed by atoms with Gasteiger partial charge in [0.05, 0.1) is 11.4 Å². The molecule has 0 radical (unpaired) electrons. The molecule has 1 aromatic rings. The van der Waals surface area contributed by atoms with E-state index in [0.29, 0.717) is 0 Å². The van der Waals surface area contributed by atoms with Crippen molar-refractivity contribution in [3.8, 4) is 0 Å². The standard InChI is InChI=1S/C11H21N3OS/c1-4-10-8-11(14(3)13-10)9-12-6-7-16(15)5-2/h8,12H,4-7,9H2,1-3H3. The summed E-state index contributed by atoms with van der Waals surface area (Å²) in [6, 6.07) is 2.11. The highest BCUT2D eigenvalue weighted by Gasteiger charge is 2.03. The van der Waals surface area contributed by atoms with Crippen molar-refractivity contribution in [1.82, 2.24) is 15.1 Å². The molecule has 0 saturated heterocycles. The predicted octanol–water partition coefficient (Wildman–Crippen LogP) is 0.841. The van der Waals surface area contributed by atoms with E-state index >= 15 is 0 Å². The van der Waals surface area contributed by atoms with Gasteiger partial charge in [0.25, 0.3) is 0 Å². The van der Waals surface area contributed by atoms with E-state index in [1.807, 2.05) is 18.7 Å². The molecule has 1 N–H and O–H groups in total. The van der Waals surface area contributed by atoms with Crippen LogP contribution in [0.2, 0.25) is 0 Å². The van der Waals surface area contributed by atoms with Gasteiger partial charge < -0.3 is 5.32 Å². The van der Waals surface area contributed by atoms with Gasteiger partial charge in [-0.2, -0.15) is 5.10 Å². The fraction of sp³-hybridized carbons (Fsp3) is 0.727. The Morgan fingerprint density at radius 2 is 2.25 bits per heavy atom. The fourth-order valence-corrected chi connectivity index (χ4v) is 2.12. The van der Waals surface area contributed by atoms with Gasteiger partial charge in [0.2, 0.25) is 0 Å². The van der Waals surface area contributed by atoms with Gasteiger partial charge in [-0.3, -0.25) is 8.89 Å². The van der Waals surface area contributed by atoms with Gasteiger partial charge in [-0.15, -0.1) is 0 Å². The summed E-state index contributed by atoms with van der Waals surface area (Å²) < 4.78 is 13.1. The number of hydrogen-bond donors (Lipinski definition) is 1. The van der Waals surface area contributed by atoms with Gasteiger partial charge in [-0.25, -0.2) is 0 Å². The Morgan fingerprint density at radius 3 is 2.81 bits per heavy atom. The largest absolute Gasteiger partial charge is 0.310 e. The molecule has 1 unspecified atom stereocenters. The molecule has 1 atom stereocenters. The van der Waals surface area contributed by atoms with E-state index in [1.165, 1.54) is 5.69 Å². The highest BCUT2D eigenvalue weighted by atomic mass is 32.2. The quantitative estimate of drug-likeness (QED) is 0.722. The second kappa shape index (κ2) is 6.81. The predicted molar refractivity (Wildman–Crippen MR) is 67.8 cm³/mol. The van der Waals surface area contributed by atoms with Crippen LogP contribution in [0.15, 0.2) is 6.07 Å². The second-order valence-corrected chi connectivity index (χ2v) is 5.58. The van der Waals surface area contributed by atoms with Crippen LogP contribution in [0.4, 0.5) is 0 Å². The Hall–Kier alpha value is -0.680. The Bertz CT molecular complexity index is 349. The van der Waals surface area contributed by atoms with Crippen LogP contribution in [0.3, 0.4) is 0 Å². The summed E-state index contributed by atoms with van der Waals surface area (Å²) in [6.45, 7) is 5.65. The maximum atomic E-state index is 11.2. The number of nitrogens with one attached hydrogen (secondary N) is 1. The second-order valence-electron chi connectivity index (χ2n) is 3.71. The lowest BCUT2D eigenvalue weighted by Gasteiger charge is -2.04. The molecular weight excluding hydrogens is 222 g/mol. The Balaban J connectivity index is 2.31. The summed E-state index contributed by atoms with van der Waals surface area (Å²) >= 11 is 0. The first kappa shape index (κ1) is 13.4. The monoisotopic (exact) mass is 243 g/mol. The van der Waals surface area contributed by atoms with Crippen molar-refractivity contribution < 1.29 is 4.21 Å². The van der Waals surface area contributed by atoms with Gasteiger partial charge in [0.15, 0.2) is 0 Å². The van der Waals surface area contributed by atoms with E-state index in [1.54, 1.807) is 0 Å². The summed E-state index contributed by atoms with van der Waals surface area (Å²) in [4.78, 5) is 0. The molecule has 0 aromatic carbocycles. The Morgan fingerprint density at radius 1 is 1.50 bits per heavy atom. The lowest BCUT2D eigenvalue weighted by molar-refractivity contribution is 0.635. The molecular formula is C11H21N3OS. The molecule has 0 amide bonds. The summed E-state index contributed by atoms with van der Waals surface area (Å²) in [6.07, 6.45) is 0.966. The van der Waals surface area contributed by atoms with Gasteiger partial charge in [0.1, 0.15) is 0 Å². The average Bonchev–Trinajstić information content (AvgIpc) is 2.65. The highest BCUT2D eigenvalue weighted by molar-refractivity contribution is 7.84. The van der Waals surface area contributed by atoms with Crippen molar-refractivity contribution in [1.29, 1.82) is 0 Å². The first-order chi connectivity index (χ1) is 7.67. The molecule has 5 heteroatoms. The molecule has 0 fully saturated rings. The summed E-state index contributed by atoms with van der Waals surface area (Å²) in [5, 5.41) is 7.67. The molecule has 4 nitrogen and oxygen atoms in total. The summed E-state index contributed by atoms with van der Waals surface area (Å²) in [7, 11) is 1.29. The van der Waals surface area contributed by atoms with Crippen LogP contribution in [-0.2, 0) is 30.8 Å². The van der Waals surface area contributed by atoms with Crippen molar-refractivity contribution in [3.63, 3.8) is 0 Å². The number of nitrogens with zero attached hydrogens (tertiary/aromatic N) is 2. The van der Waals surface area contributed by atoms with Crippen LogP contribution in [0.5, 0.6) is 0 Å². The Kier molecular flexibility index (Phi) is 5.69. The third-order valence-corrected chi connectivity index (χ3v) is 3.83. The molecule has 1 heterocycles. The van der Waals surface area contributed by atoms with Crippen LogP contribution < -0.4 is 5.32 Å². The normalized spacial score (nSPS) is 12.9. The van der Waals surface area contributed by atoms with Crippen molar-refractivity contribution in [2.24, 2.45) is 7.05 Å². The first-order valence-corrected chi connectivity index (χ1v) is 7.23. The molecule has 16 heavy (non-hydrogen) atoms. The molecule has 1 rings (SSSR count). The average molecular weight is 243 g/mol. The molecule has 92 valence electrons. The van der Waals surface area contributed by atoms with Crippen molar-refractivity contribution >= 4 is 10.8 Å². The van der Waals surface area contributed by atoms with E-state index in [2.05, 4.69) is 23.4 Å². The van der Waals surface area contributed by atoms with E-state index in [-0.39, 0.29) is 0 Å². The highest BCUT2D eigenvalue weighted by Crippen LogP contribution is 2.02. The summed E-state index contributed by atoms with van der Waals surface area (Å²) in [5.74, 6) is 1.47. The number of hydrogen-bond acceptors (Lipinski definition) is 3. The van der Waals surface area contributed by atoms with Gasteiger partial charge >= 0.3 is 0 Å². The maximum absolute atomic E-state index is 11.2. The van der Waals surface area contributed by atoms with Crippen LogP contribution in [-0.4, -0.2) is 32.0 Å². The lowest BCUT2D eigenvalue weighted by atomic mass is 10.3. The van der Waals surface area contributed by atoms with Crippen LogP contribution in [0, 0.1) is 0 Å². The molecule has 0 aliphatic rings. The third-order valence-electron chi connectivity index (χ3n) is 2.52. The van der Waals surface area contributed by atoms with Gasteiger partial charge in [-0.1, -0.05) is 13.8 Å². The number of aryl methyl sites for hydroxylation is 2. The van der Waals surface area contributed by atoms with Crippen LogP contribution >= 0.6 is 0 Å². The Labute approximate surface area is 99.9 Å². The lowest BCUT2D eigenvalue weighted by Crippen LogP contribution is -2.21. The molecule has 0 bridgehead atoms. The number of aromatic nitrogens is 2.